The number of carbonyl (C=O) groups is 4. The molecule has 0 saturated heterocycles. The highest BCUT2D eigenvalue weighted by molar-refractivity contribution is 7.53. The van der Waals surface area contributed by atoms with Crippen LogP contribution in [-0.2, 0) is 91.0 Å². The maximum absolute atomic E-state index is 13.8. The fraction of sp³-hybridized carbons (Fsp3) is 0.500. The zero-order valence-corrected chi connectivity index (χ0v) is 52.9. The highest BCUT2D eigenvalue weighted by Gasteiger charge is 2.29. The van der Waals surface area contributed by atoms with Crippen LogP contribution in [0.4, 0.5) is 30.8 Å². The van der Waals surface area contributed by atoms with E-state index in [0.29, 0.717) is 28.9 Å². The number of nitrogens with zero attached hydrogens (tertiary/aromatic N) is 7. The van der Waals surface area contributed by atoms with E-state index in [-0.39, 0.29) is 109 Å². The molecule has 6 aromatic rings. The first kappa shape index (κ1) is 73.4. The number of nitrogens with two attached hydrogens (primary N) is 2. The number of nitrogens with one attached hydrogen (secondary N) is 1. The van der Waals surface area contributed by atoms with Crippen LogP contribution in [-0.4, -0.2) is 165 Å². The molecule has 0 aliphatic rings. The molecule has 0 unspecified atom stereocenters. The molecule has 89 heavy (non-hydrogen) atoms. The predicted octanol–water partition coefficient (Wildman–Crippen LogP) is 7.34. The fourth-order valence-electron chi connectivity index (χ4n) is 6.97. The number of nitrogen functional groups attached to an aromatic ring is 2. The van der Waals surface area contributed by atoms with Gasteiger partial charge in [-0.05, 0) is 77.6 Å². The minimum Gasteiger partial charge on any atom is -0.461 e. The van der Waals surface area contributed by atoms with Gasteiger partial charge in [0, 0.05) is 14.2 Å². The summed E-state index contributed by atoms with van der Waals surface area (Å²) >= 11 is 5.06. The molecular weight excluding hydrogens is 1250 g/mol. The zero-order chi connectivity index (χ0) is 65.8. The number of H-pyrrole nitrogens is 1. The van der Waals surface area contributed by atoms with E-state index in [4.69, 9.17) is 94.0 Å². The molecule has 0 aliphatic carbocycles. The van der Waals surface area contributed by atoms with Crippen molar-refractivity contribution in [2.45, 2.75) is 105 Å². The lowest BCUT2D eigenvalue weighted by Crippen LogP contribution is -2.18. The molecular formula is C52H73ClN10O24P2. The number of benzene rings is 2. The maximum Gasteiger partial charge on any atom is 0.511 e. The van der Waals surface area contributed by atoms with Crippen LogP contribution in [0.25, 0.3) is 22.3 Å². The molecule has 492 valence electrons. The minimum atomic E-state index is -4.19. The van der Waals surface area contributed by atoms with Gasteiger partial charge in [-0.1, -0.05) is 60.1 Å². The van der Waals surface area contributed by atoms with Crippen molar-refractivity contribution in [3.8, 4) is 18.0 Å². The molecule has 34 nitrogen and oxygen atoms in total. The lowest BCUT2D eigenvalue weighted by Gasteiger charge is -2.19. The summed E-state index contributed by atoms with van der Waals surface area (Å²) in [4.78, 5) is 101. The number of hydrogen-bond donors (Lipinski definition) is 5. The van der Waals surface area contributed by atoms with E-state index in [2.05, 4.69) is 39.4 Å². The molecule has 4 heterocycles. The number of carbonyl (C=O) groups excluding carboxylic acids is 4. The van der Waals surface area contributed by atoms with Crippen molar-refractivity contribution in [3.05, 3.63) is 81.3 Å². The summed E-state index contributed by atoms with van der Waals surface area (Å²) in [6, 6.07) is 13.2. The summed E-state index contributed by atoms with van der Waals surface area (Å²) in [6.07, 6.45) is -6.00. The van der Waals surface area contributed by atoms with Gasteiger partial charge in [0.25, 0.3) is 0 Å². The quantitative estimate of drug-likeness (QED) is 0.00735. The molecule has 0 saturated carbocycles. The van der Waals surface area contributed by atoms with E-state index in [1.165, 1.54) is 23.4 Å². The Hall–Kier alpha value is -8.07. The maximum atomic E-state index is 13.8. The van der Waals surface area contributed by atoms with Gasteiger partial charge in [-0.15, -0.1) is 0 Å². The van der Waals surface area contributed by atoms with Crippen molar-refractivity contribution in [3.63, 3.8) is 0 Å². The predicted molar refractivity (Wildman–Crippen MR) is 314 cm³/mol. The third-order valence-corrected chi connectivity index (χ3v) is 13.0. The SMILES string of the molecule is CC(C)OC(=O)OCCl.COCCOc1nc(N)c2[nH]c(=O)n(Cc3cccc(CP(=O)(O)O)c3)c2n1.COCCOc1nc(N)c2nc(OCOC(=O)OC(C)C)n(Cc3cccc(CP(=O)(OCOC(=O)OC(C)C)OCOC(=O)OC(C)C)c3)c2n1. The number of aromatic amines is 1. The molecule has 7 N–H and O–H groups in total. The van der Waals surface area contributed by atoms with E-state index >= 15 is 0 Å². The molecule has 0 bridgehead atoms. The van der Waals surface area contributed by atoms with Crippen LogP contribution in [0, 0.1) is 0 Å². The van der Waals surface area contributed by atoms with Gasteiger partial charge < -0.3 is 87.8 Å². The highest BCUT2D eigenvalue weighted by Crippen LogP contribution is 2.51. The first-order valence-electron chi connectivity index (χ1n) is 26.7. The number of methoxy groups -OCH3 is 2. The summed E-state index contributed by atoms with van der Waals surface area (Å²) in [7, 11) is -5.30. The monoisotopic (exact) mass is 1320 g/mol. The van der Waals surface area contributed by atoms with E-state index in [1.807, 2.05) is 0 Å². The van der Waals surface area contributed by atoms with Gasteiger partial charge in [-0.3, -0.25) is 27.3 Å². The van der Waals surface area contributed by atoms with Gasteiger partial charge in [0.1, 0.15) is 18.7 Å². The Labute approximate surface area is 514 Å². The van der Waals surface area contributed by atoms with E-state index in [1.54, 1.807) is 104 Å². The summed E-state index contributed by atoms with van der Waals surface area (Å²) in [5.74, 6) is 0.0626. The third kappa shape index (κ3) is 26.7. The lowest BCUT2D eigenvalue weighted by atomic mass is 10.1. The average molecular weight is 1320 g/mol. The topological polar surface area (TPSA) is 441 Å². The molecule has 2 aromatic carbocycles. The van der Waals surface area contributed by atoms with Crippen LogP contribution in [0.2, 0.25) is 0 Å². The van der Waals surface area contributed by atoms with Gasteiger partial charge in [0.15, 0.2) is 34.5 Å². The van der Waals surface area contributed by atoms with Gasteiger partial charge in [-0.2, -0.15) is 24.9 Å². The molecule has 0 spiro atoms. The number of hydrogen-bond acceptors (Lipinski definition) is 29. The Morgan fingerprint density at radius 3 is 1.48 bits per heavy atom. The van der Waals surface area contributed by atoms with Crippen LogP contribution >= 0.6 is 26.8 Å². The Bertz CT molecular complexity index is 3380. The number of anilines is 2. The Balaban J connectivity index is 0.000000377. The standard InChI is InChI=1S/C31H44N5O15P.C16H20N5O6P.C5H9ClO3/c1-19(2)49-29(37)44-16-43-28-33-24-25(32)34-27(42-12-11-41-7)35-26(24)36(28)14-22-9-8-10-23(13-22)15-52(40,47-17-45-30(38)50-20(3)4)48-18-46-31(39)51-21(5)6;1-26-5-6-27-15-19-13(17)12-14(20-15)21(16(22)18-12)8-10-3-2-4-11(7-10)9-28(23,24)25;1-4(2)9-5(7)8-3-6/h8-10,13,19-21H,11-12,14-18H2,1-7H3,(H2,32,34,35);2-4,7H,5-6,8-9H2,1H3,(H,18,22)(H2,17,19,20)(H2,23,24,25);4H,3H2,1-2H3. The number of fused-ring (bicyclic) bond motifs is 2. The van der Waals surface area contributed by atoms with Crippen molar-refractivity contribution in [1.82, 2.24) is 39.0 Å². The van der Waals surface area contributed by atoms with Crippen LogP contribution in [0.15, 0.2) is 53.3 Å². The van der Waals surface area contributed by atoms with Crippen LogP contribution in [0.1, 0.15) is 77.6 Å². The second-order valence-electron chi connectivity index (χ2n) is 19.2. The van der Waals surface area contributed by atoms with Crippen LogP contribution in [0.5, 0.6) is 18.0 Å². The summed E-state index contributed by atoms with van der Waals surface area (Å²) in [5, 5.41) is 0. The first-order valence-corrected chi connectivity index (χ1v) is 30.8. The summed E-state index contributed by atoms with van der Waals surface area (Å²) < 4.78 is 103. The van der Waals surface area contributed by atoms with Crippen molar-refractivity contribution in [2.75, 3.05) is 78.6 Å². The molecule has 0 radical (unpaired) electrons. The van der Waals surface area contributed by atoms with Gasteiger partial charge in [-0.25, -0.2) is 24.0 Å². The number of aromatic nitrogens is 8. The average Bonchev–Trinajstić information content (AvgIpc) is 1.85. The Kier molecular flexibility index (Phi) is 30.0. The molecule has 0 aliphatic heterocycles. The molecule has 0 amide bonds. The van der Waals surface area contributed by atoms with Crippen molar-refractivity contribution >= 4 is 85.4 Å². The third-order valence-electron chi connectivity index (χ3n) is 10.4. The fourth-order valence-corrected chi connectivity index (χ4v) is 9.06. The number of alkyl halides is 1. The number of halogens is 1. The van der Waals surface area contributed by atoms with Gasteiger partial charge >= 0.3 is 63.5 Å². The van der Waals surface area contributed by atoms with Gasteiger partial charge in [0.2, 0.25) is 20.4 Å². The molecule has 6 rings (SSSR count). The minimum absolute atomic E-state index is 0.0101. The van der Waals surface area contributed by atoms with Crippen molar-refractivity contribution in [2.24, 2.45) is 0 Å². The second kappa shape index (κ2) is 36.4. The first-order chi connectivity index (χ1) is 42.1. The Morgan fingerprint density at radius 1 is 0.573 bits per heavy atom. The summed E-state index contributed by atoms with van der Waals surface area (Å²) in [6.45, 7) is 12.3. The lowest BCUT2D eigenvalue weighted by molar-refractivity contribution is -0.0306. The smallest absolute Gasteiger partial charge is 0.461 e. The Morgan fingerprint density at radius 2 is 1.01 bits per heavy atom. The van der Waals surface area contributed by atoms with Crippen molar-refractivity contribution < 1.29 is 109 Å². The molecule has 37 heteroatoms. The molecule has 0 fully saturated rings. The number of ether oxygens (including phenoxy) is 13. The normalized spacial score (nSPS) is 11.4. The largest absolute Gasteiger partial charge is 0.511 e. The van der Waals surface area contributed by atoms with E-state index in [9.17, 15) is 33.1 Å². The highest BCUT2D eigenvalue weighted by atomic mass is 35.5. The van der Waals surface area contributed by atoms with E-state index < -0.39 is 84.2 Å². The second-order valence-corrected chi connectivity index (χ2v) is 23.1. The van der Waals surface area contributed by atoms with Crippen molar-refractivity contribution in [1.29, 1.82) is 0 Å². The van der Waals surface area contributed by atoms with Crippen LogP contribution in [0.3, 0.4) is 0 Å². The summed E-state index contributed by atoms with van der Waals surface area (Å²) in [5.41, 5.74) is 14.8. The molecule has 0 atom stereocenters. The number of rotatable bonds is 30. The zero-order valence-electron chi connectivity index (χ0n) is 50.3. The van der Waals surface area contributed by atoms with Crippen LogP contribution < -0.4 is 31.4 Å². The molecule has 4 aromatic heterocycles. The van der Waals surface area contributed by atoms with E-state index in [0.717, 1.165) is 0 Å². The van der Waals surface area contributed by atoms with Gasteiger partial charge in [0.05, 0.1) is 63.0 Å². The number of imidazole rings is 2.